The molecule has 114 valence electrons. The molecule has 7 heteroatoms. The number of phenols is 1. The molecule has 0 aliphatic heterocycles. The lowest BCUT2D eigenvalue weighted by Gasteiger charge is -2.01. The number of pyridine rings is 2. The molecule has 0 atom stereocenters. The fourth-order valence-corrected chi connectivity index (χ4v) is 2.03. The smallest absolute Gasteiger partial charge is 0.277 e. The third kappa shape index (κ3) is 3.24. The first-order valence-electron chi connectivity index (χ1n) is 6.74. The van der Waals surface area contributed by atoms with E-state index in [4.69, 9.17) is 0 Å². The normalized spacial score (nSPS) is 11.0. The number of benzene rings is 1. The number of carbonyl (C=O) groups excluding carboxylic acids is 1. The number of para-hydroxylation sites is 1. The maximum atomic E-state index is 11.8. The number of hydrogen-bond donors (Lipinski definition) is 2. The molecular weight excluding hydrogens is 296 g/mol. The number of nitrogens with one attached hydrogen (secondary N) is 1. The van der Waals surface area contributed by atoms with Gasteiger partial charge in [0, 0.05) is 11.5 Å². The summed E-state index contributed by atoms with van der Waals surface area (Å²) in [5.41, 5.74) is 3.45. The number of hydrazone groups is 1. The molecule has 23 heavy (non-hydrogen) atoms. The molecule has 2 aromatic heterocycles. The molecule has 0 bridgehead atoms. The first kappa shape index (κ1) is 14.5. The summed E-state index contributed by atoms with van der Waals surface area (Å²) in [6.07, 6.45) is 3.79. The molecule has 0 saturated heterocycles. The van der Waals surface area contributed by atoms with Gasteiger partial charge in [-0.2, -0.15) is 9.83 Å². The molecule has 0 aliphatic rings. The van der Waals surface area contributed by atoms with Crippen molar-refractivity contribution in [2.75, 3.05) is 0 Å². The molecule has 0 saturated carbocycles. The van der Waals surface area contributed by atoms with E-state index in [-0.39, 0.29) is 11.3 Å². The highest BCUT2D eigenvalue weighted by atomic mass is 16.5. The molecule has 0 unspecified atom stereocenters. The Kier molecular flexibility index (Phi) is 3.84. The summed E-state index contributed by atoms with van der Waals surface area (Å²) in [6, 6.07) is 11.6. The van der Waals surface area contributed by atoms with Gasteiger partial charge in [-0.3, -0.25) is 4.79 Å². The molecule has 3 aromatic rings. The van der Waals surface area contributed by atoms with Gasteiger partial charge in [0.2, 0.25) is 0 Å². The summed E-state index contributed by atoms with van der Waals surface area (Å²) in [7, 11) is 0. The van der Waals surface area contributed by atoms with Gasteiger partial charge in [0.25, 0.3) is 5.91 Å². The molecule has 3 rings (SSSR count). The highest BCUT2D eigenvalue weighted by Crippen LogP contribution is 2.21. The summed E-state index contributed by atoms with van der Waals surface area (Å²) < 4.78 is 0.534. The van der Waals surface area contributed by atoms with Crippen LogP contribution < -0.4 is 10.2 Å². The van der Waals surface area contributed by atoms with E-state index in [1.54, 1.807) is 24.3 Å². The molecule has 2 heterocycles. The Balaban J connectivity index is 1.75. The van der Waals surface area contributed by atoms with Crippen molar-refractivity contribution in [3.8, 4) is 5.75 Å². The van der Waals surface area contributed by atoms with Crippen LogP contribution in [0, 0.1) is 5.21 Å². The second kappa shape index (κ2) is 6.10. The Morgan fingerprint density at radius 3 is 2.96 bits per heavy atom. The summed E-state index contributed by atoms with van der Waals surface area (Å²) in [6.45, 7) is 0. The zero-order chi connectivity index (χ0) is 16.2. The van der Waals surface area contributed by atoms with E-state index in [9.17, 15) is 15.1 Å². The lowest BCUT2D eigenvalue weighted by atomic mass is 10.2. The fourth-order valence-electron chi connectivity index (χ4n) is 2.03. The van der Waals surface area contributed by atoms with Crippen LogP contribution in [0.1, 0.15) is 16.1 Å². The third-order valence-corrected chi connectivity index (χ3v) is 3.12. The van der Waals surface area contributed by atoms with Crippen molar-refractivity contribution >= 4 is 23.0 Å². The summed E-state index contributed by atoms with van der Waals surface area (Å²) in [4.78, 5) is 16.1. The molecule has 7 nitrogen and oxygen atoms in total. The summed E-state index contributed by atoms with van der Waals surface area (Å²) >= 11 is 0. The largest absolute Gasteiger partial charge is 0.619 e. The van der Waals surface area contributed by atoms with Crippen LogP contribution in [-0.4, -0.2) is 22.2 Å². The van der Waals surface area contributed by atoms with E-state index < -0.39 is 5.91 Å². The Hall–Kier alpha value is -3.48. The van der Waals surface area contributed by atoms with E-state index in [1.165, 1.54) is 24.5 Å². The van der Waals surface area contributed by atoms with Crippen LogP contribution in [0.3, 0.4) is 0 Å². The number of phenolic OH excluding ortho intramolecular Hbond substituents is 1. The van der Waals surface area contributed by atoms with Gasteiger partial charge < -0.3 is 10.3 Å². The lowest BCUT2D eigenvalue weighted by Crippen LogP contribution is -2.28. The van der Waals surface area contributed by atoms with Crippen LogP contribution in [0.2, 0.25) is 0 Å². The number of fused-ring (bicyclic) bond motifs is 1. The Morgan fingerprint density at radius 1 is 1.26 bits per heavy atom. The van der Waals surface area contributed by atoms with Gasteiger partial charge in [0.1, 0.15) is 16.8 Å². The maximum Gasteiger partial charge on any atom is 0.277 e. The molecule has 1 amide bonds. The first-order chi connectivity index (χ1) is 11.1. The molecule has 0 aliphatic carbocycles. The van der Waals surface area contributed by atoms with Crippen LogP contribution >= 0.6 is 0 Å². The van der Waals surface area contributed by atoms with Crippen LogP contribution in [0.15, 0.2) is 60.0 Å². The molecule has 0 radical (unpaired) electrons. The van der Waals surface area contributed by atoms with Crippen LogP contribution in [-0.2, 0) is 0 Å². The van der Waals surface area contributed by atoms with Crippen molar-refractivity contribution in [2.45, 2.75) is 0 Å². The van der Waals surface area contributed by atoms with Gasteiger partial charge in [-0.1, -0.05) is 18.2 Å². The molecular formula is C16H12N4O3. The highest BCUT2D eigenvalue weighted by Gasteiger charge is 2.07. The standard InChI is InChI=1S/C16H12N4O3/c21-14-5-1-3-11-6-7-13(18-15(11)14)9-17-19-16(22)12-4-2-8-20(23)10-12/h1-10,21H,(H,19,22)/b17-9+. The Labute approximate surface area is 131 Å². The summed E-state index contributed by atoms with van der Waals surface area (Å²) in [5, 5.41) is 25.5. The van der Waals surface area contributed by atoms with Gasteiger partial charge in [-0.05, 0) is 18.2 Å². The monoisotopic (exact) mass is 308 g/mol. The summed E-state index contributed by atoms with van der Waals surface area (Å²) in [5.74, 6) is -0.429. The van der Waals surface area contributed by atoms with Crippen LogP contribution in [0.5, 0.6) is 5.75 Å². The Morgan fingerprint density at radius 2 is 2.13 bits per heavy atom. The van der Waals surface area contributed by atoms with Crippen molar-refractivity contribution in [3.63, 3.8) is 0 Å². The minimum Gasteiger partial charge on any atom is -0.619 e. The second-order valence-electron chi connectivity index (χ2n) is 4.74. The predicted octanol–water partition coefficient (Wildman–Crippen LogP) is 1.34. The zero-order valence-electron chi connectivity index (χ0n) is 11.9. The van der Waals surface area contributed by atoms with E-state index in [0.717, 1.165) is 11.6 Å². The van der Waals surface area contributed by atoms with E-state index in [2.05, 4.69) is 15.5 Å². The van der Waals surface area contributed by atoms with Crippen molar-refractivity contribution in [2.24, 2.45) is 5.10 Å². The minimum absolute atomic E-state index is 0.0751. The molecule has 0 spiro atoms. The van der Waals surface area contributed by atoms with Crippen molar-refractivity contribution in [1.82, 2.24) is 10.4 Å². The molecule has 1 aromatic carbocycles. The van der Waals surface area contributed by atoms with Crippen LogP contribution in [0.25, 0.3) is 10.9 Å². The van der Waals surface area contributed by atoms with Gasteiger partial charge in [-0.25, -0.2) is 10.4 Å². The first-order valence-corrected chi connectivity index (χ1v) is 6.74. The second-order valence-corrected chi connectivity index (χ2v) is 4.74. The van der Waals surface area contributed by atoms with E-state index in [1.807, 2.05) is 6.07 Å². The number of amides is 1. The number of hydrogen-bond acceptors (Lipinski definition) is 5. The molecule has 2 N–H and O–H groups in total. The maximum absolute atomic E-state index is 11.8. The number of aromatic nitrogens is 2. The fraction of sp³-hybridized carbons (Fsp3) is 0. The number of carbonyl (C=O) groups is 1. The SMILES string of the molecule is O=C(N/N=C/c1ccc2cccc(O)c2n1)c1ccc[n+]([O-])c1. The average Bonchev–Trinajstić information content (AvgIpc) is 2.55. The van der Waals surface area contributed by atoms with E-state index >= 15 is 0 Å². The predicted molar refractivity (Wildman–Crippen MR) is 83.9 cm³/mol. The number of nitrogens with zero attached hydrogens (tertiary/aromatic N) is 3. The van der Waals surface area contributed by atoms with Gasteiger partial charge >= 0.3 is 0 Å². The molecule has 0 fully saturated rings. The highest BCUT2D eigenvalue weighted by molar-refractivity contribution is 5.94. The average molecular weight is 308 g/mol. The number of rotatable bonds is 3. The quantitative estimate of drug-likeness (QED) is 0.330. The van der Waals surface area contributed by atoms with Crippen molar-refractivity contribution in [1.29, 1.82) is 0 Å². The number of aromatic hydroxyl groups is 1. The van der Waals surface area contributed by atoms with Gasteiger partial charge in [-0.15, -0.1) is 0 Å². The van der Waals surface area contributed by atoms with E-state index in [0.29, 0.717) is 15.9 Å². The Bertz CT molecular complexity index is 909. The van der Waals surface area contributed by atoms with Gasteiger partial charge in [0.15, 0.2) is 12.4 Å². The van der Waals surface area contributed by atoms with Crippen molar-refractivity contribution < 1.29 is 14.6 Å². The van der Waals surface area contributed by atoms with Crippen molar-refractivity contribution in [3.05, 3.63) is 71.3 Å². The van der Waals surface area contributed by atoms with Crippen LogP contribution in [0.4, 0.5) is 0 Å². The minimum atomic E-state index is -0.505. The topological polar surface area (TPSA) is 102 Å². The van der Waals surface area contributed by atoms with Gasteiger partial charge in [0.05, 0.1) is 11.9 Å². The third-order valence-electron chi connectivity index (χ3n) is 3.12. The zero-order valence-corrected chi connectivity index (χ0v) is 11.9. The lowest BCUT2D eigenvalue weighted by molar-refractivity contribution is -0.605.